The van der Waals surface area contributed by atoms with E-state index in [4.69, 9.17) is 14.2 Å². The molecule has 1 fully saturated rings. The van der Waals surface area contributed by atoms with E-state index in [1.807, 2.05) is 0 Å². The Labute approximate surface area is 167 Å². The summed E-state index contributed by atoms with van der Waals surface area (Å²) in [6.45, 7) is -0.512. The van der Waals surface area contributed by atoms with Crippen molar-refractivity contribution < 1.29 is 33.0 Å². The molecule has 1 aliphatic heterocycles. The number of amides is 1. The summed E-state index contributed by atoms with van der Waals surface area (Å²) < 4.78 is 29.3. The van der Waals surface area contributed by atoms with Crippen LogP contribution in [-0.2, 0) is 14.3 Å². The molecule has 1 saturated heterocycles. The SMILES string of the molecule is COc1ccc(OC)c(C(=O)COC(=O)[C@H]2CC(=O)N(c3ccccc3F)C2)c1. The number of halogens is 1. The van der Waals surface area contributed by atoms with E-state index in [1.54, 1.807) is 18.2 Å². The molecule has 0 spiro atoms. The zero-order valence-corrected chi connectivity index (χ0v) is 16.0. The summed E-state index contributed by atoms with van der Waals surface area (Å²) in [5, 5.41) is 0. The highest BCUT2D eigenvalue weighted by molar-refractivity contribution is 6.02. The van der Waals surface area contributed by atoms with Gasteiger partial charge in [-0.1, -0.05) is 12.1 Å². The summed E-state index contributed by atoms with van der Waals surface area (Å²) in [5.74, 6) is -2.07. The summed E-state index contributed by atoms with van der Waals surface area (Å²) >= 11 is 0. The first-order valence-electron chi connectivity index (χ1n) is 8.91. The van der Waals surface area contributed by atoms with E-state index in [0.29, 0.717) is 11.5 Å². The molecule has 0 saturated carbocycles. The highest BCUT2D eigenvalue weighted by Gasteiger charge is 2.37. The van der Waals surface area contributed by atoms with Gasteiger partial charge in [0.25, 0.3) is 0 Å². The van der Waals surface area contributed by atoms with Crippen LogP contribution >= 0.6 is 0 Å². The van der Waals surface area contributed by atoms with Crippen LogP contribution in [0.5, 0.6) is 11.5 Å². The van der Waals surface area contributed by atoms with E-state index in [9.17, 15) is 18.8 Å². The van der Waals surface area contributed by atoms with Gasteiger partial charge in [0.1, 0.15) is 17.3 Å². The number of para-hydroxylation sites is 1. The van der Waals surface area contributed by atoms with Crippen molar-refractivity contribution in [3.05, 3.63) is 53.8 Å². The number of esters is 1. The number of anilines is 1. The molecule has 1 atom stereocenters. The molecule has 0 radical (unpaired) electrons. The lowest BCUT2D eigenvalue weighted by molar-refractivity contribution is -0.147. The molecule has 2 aromatic carbocycles. The van der Waals surface area contributed by atoms with E-state index >= 15 is 0 Å². The fourth-order valence-electron chi connectivity index (χ4n) is 3.13. The Bertz CT molecular complexity index is 945. The lowest BCUT2D eigenvalue weighted by atomic mass is 10.1. The van der Waals surface area contributed by atoms with Gasteiger partial charge in [0.2, 0.25) is 11.7 Å². The Morgan fingerprint density at radius 2 is 1.90 bits per heavy atom. The average molecular weight is 401 g/mol. The molecule has 3 rings (SSSR count). The van der Waals surface area contributed by atoms with Crippen molar-refractivity contribution in [1.82, 2.24) is 0 Å². The summed E-state index contributed by atoms with van der Waals surface area (Å²) in [7, 11) is 2.89. The maximum absolute atomic E-state index is 13.9. The van der Waals surface area contributed by atoms with E-state index in [0.717, 1.165) is 0 Å². The van der Waals surface area contributed by atoms with Gasteiger partial charge >= 0.3 is 5.97 Å². The number of ketones is 1. The summed E-state index contributed by atoms with van der Waals surface area (Å²) in [5.41, 5.74) is 0.333. The van der Waals surface area contributed by atoms with Gasteiger partial charge in [0.15, 0.2) is 6.61 Å². The molecular formula is C21H20FNO6. The number of hydrogen-bond donors (Lipinski definition) is 0. The largest absolute Gasteiger partial charge is 0.497 e. The Morgan fingerprint density at radius 3 is 2.59 bits per heavy atom. The first-order chi connectivity index (χ1) is 13.9. The van der Waals surface area contributed by atoms with Gasteiger partial charge in [-0.2, -0.15) is 0 Å². The van der Waals surface area contributed by atoms with E-state index in [2.05, 4.69) is 0 Å². The highest BCUT2D eigenvalue weighted by Crippen LogP contribution is 2.28. The minimum absolute atomic E-state index is 0.00469. The van der Waals surface area contributed by atoms with Gasteiger partial charge in [0.05, 0.1) is 31.4 Å². The number of hydrogen-bond acceptors (Lipinski definition) is 6. The minimum Gasteiger partial charge on any atom is -0.497 e. The van der Waals surface area contributed by atoms with Gasteiger partial charge in [-0.15, -0.1) is 0 Å². The maximum Gasteiger partial charge on any atom is 0.311 e. The number of benzene rings is 2. The number of rotatable bonds is 7. The van der Waals surface area contributed by atoms with Gasteiger partial charge in [-0.05, 0) is 30.3 Å². The number of nitrogens with zero attached hydrogens (tertiary/aromatic N) is 1. The molecule has 1 amide bonds. The van der Waals surface area contributed by atoms with Crippen LogP contribution in [0.4, 0.5) is 10.1 Å². The third kappa shape index (κ3) is 4.37. The standard InChI is InChI=1S/C21H20FNO6/c1-27-14-7-8-19(28-2)15(10-14)18(24)12-29-21(26)13-9-20(25)23(11-13)17-6-4-3-5-16(17)22/h3-8,10,13H,9,11-12H2,1-2H3/t13-/m0/s1. The molecular weight excluding hydrogens is 381 g/mol. The van der Waals surface area contributed by atoms with Crippen LogP contribution in [0.1, 0.15) is 16.8 Å². The monoisotopic (exact) mass is 401 g/mol. The molecule has 0 aromatic heterocycles. The number of ether oxygens (including phenoxy) is 3. The molecule has 1 aliphatic rings. The van der Waals surface area contributed by atoms with Crippen molar-refractivity contribution in [2.45, 2.75) is 6.42 Å². The number of carbonyl (C=O) groups excluding carboxylic acids is 3. The van der Waals surface area contributed by atoms with Crippen molar-refractivity contribution in [2.24, 2.45) is 5.92 Å². The first kappa shape index (κ1) is 20.3. The number of Topliss-reactive ketones (excluding diaryl/α,β-unsaturated/α-hetero) is 1. The molecule has 2 aromatic rings. The Balaban J connectivity index is 1.64. The molecule has 0 unspecified atom stereocenters. The predicted octanol–water partition coefficient (Wildman–Crippen LogP) is 2.62. The second-order valence-electron chi connectivity index (χ2n) is 6.45. The molecule has 1 heterocycles. The lowest BCUT2D eigenvalue weighted by Crippen LogP contribution is -2.27. The van der Waals surface area contributed by atoms with Crippen LogP contribution in [-0.4, -0.2) is 45.0 Å². The zero-order valence-electron chi connectivity index (χ0n) is 16.0. The average Bonchev–Trinajstić information content (AvgIpc) is 3.13. The van der Waals surface area contributed by atoms with E-state index < -0.39 is 30.1 Å². The Kier molecular flexibility index (Phi) is 6.11. The number of carbonyl (C=O) groups is 3. The lowest BCUT2D eigenvalue weighted by Gasteiger charge is -2.17. The normalized spacial score (nSPS) is 15.9. The van der Waals surface area contributed by atoms with Crippen LogP contribution in [0, 0.1) is 11.7 Å². The van der Waals surface area contributed by atoms with E-state index in [1.165, 1.54) is 43.4 Å². The summed E-state index contributed by atoms with van der Waals surface area (Å²) in [6.07, 6.45) is -0.107. The van der Waals surface area contributed by atoms with Crippen molar-refractivity contribution in [2.75, 3.05) is 32.3 Å². The minimum atomic E-state index is -0.776. The van der Waals surface area contributed by atoms with E-state index in [-0.39, 0.29) is 30.1 Å². The third-order valence-electron chi connectivity index (χ3n) is 4.65. The number of methoxy groups -OCH3 is 2. The molecule has 0 bridgehead atoms. The Morgan fingerprint density at radius 1 is 1.14 bits per heavy atom. The van der Waals surface area contributed by atoms with Crippen LogP contribution < -0.4 is 14.4 Å². The predicted molar refractivity (Wildman–Crippen MR) is 102 cm³/mol. The van der Waals surface area contributed by atoms with Gasteiger partial charge < -0.3 is 19.1 Å². The van der Waals surface area contributed by atoms with Gasteiger partial charge in [0, 0.05) is 13.0 Å². The van der Waals surface area contributed by atoms with Gasteiger partial charge in [-0.25, -0.2) is 4.39 Å². The molecule has 0 aliphatic carbocycles. The van der Waals surface area contributed by atoms with Gasteiger partial charge in [-0.3, -0.25) is 14.4 Å². The molecule has 8 heteroatoms. The van der Waals surface area contributed by atoms with Crippen molar-refractivity contribution >= 4 is 23.3 Å². The highest BCUT2D eigenvalue weighted by atomic mass is 19.1. The second kappa shape index (κ2) is 8.72. The fourth-order valence-corrected chi connectivity index (χ4v) is 3.13. The molecule has 7 nitrogen and oxygen atoms in total. The topological polar surface area (TPSA) is 82.1 Å². The van der Waals surface area contributed by atoms with Crippen molar-refractivity contribution in [3.8, 4) is 11.5 Å². The smallest absolute Gasteiger partial charge is 0.311 e. The molecule has 29 heavy (non-hydrogen) atoms. The fraction of sp³-hybridized carbons (Fsp3) is 0.286. The molecule has 0 N–H and O–H groups in total. The zero-order chi connectivity index (χ0) is 21.0. The maximum atomic E-state index is 13.9. The summed E-state index contributed by atoms with van der Waals surface area (Å²) in [4.78, 5) is 38.3. The van der Waals surface area contributed by atoms with Crippen molar-refractivity contribution in [3.63, 3.8) is 0 Å². The Hall–Kier alpha value is -3.42. The van der Waals surface area contributed by atoms with Crippen molar-refractivity contribution in [1.29, 1.82) is 0 Å². The quantitative estimate of drug-likeness (QED) is 0.524. The van der Waals surface area contributed by atoms with Crippen LogP contribution in [0.3, 0.4) is 0 Å². The first-order valence-corrected chi connectivity index (χ1v) is 8.91. The van der Waals surface area contributed by atoms with Crippen LogP contribution in [0.2, 0.25) is 0 Å². The van der Waals surface area contributed by atoms with Crippen LogP contribution in [0.15, 0.2) is 42.5 Å². The second-order valence-corrected chi connectivity index (χ2v) is 6.45. The van der Waals surface area contributed by atoms with Crippen LogP contribution in [0.25, 0.3) is 0 Å². The summed E-state index contributed by atoms with van der Waals surface area (Å²) in [6, 6.07) is 10.6. The molecule has 152 valence electrons. The third-order valence-corrected chi connectivity index (χ3v) is 4.65.